The minimum atomic E-state index is -0.337. The van der Waals surface area contributed by atoms with Crippen molar-refractivity contribution in [3.63, 3.8) is 0 Å². The molecule has 1 N–H and O–H groups in total. The molecule has 0 saturated heterocycles. The number of pyridine rings is 1. The van der Waals surface area contributed by atoms with Gasteiger partial charge < -0.3 is 0 Å². The lowest BCUT2D eigenvalue weighted by Gasteiger charge is -2.27. The fraction of sp³-hybridized carbons (Fsp3) is 0.125. The summed E-state index contributed by atoms with van der Waals surface area (Å²) in [5, 5.41) is 2.78. The molecule has 0 fully saturated rings. The van der Waals surface area contributed by atoms with Gasteiger partial charge in [0.15, 0.2) is 0 Å². The van der Waals surface area contributed by atoms with Crippen LogP contribution in [0.1, 0.15) is 15.9 Å². The molecule has 23 heavy (non-hydrogen) atoms. The van der Waals surface area contributed by atoms with Crippen LogP contribution in [-0.4, -0.2) is 40.7 Å². The molecule has 1 amide bonds. The van der Waals surface area contributed by atoms with Crippen molar-refractivity contribution in [3.05, 3.63) is 59.7 Å². The van der Waals surface area contributed by atoms with Gasteiger partial charge in [0.05, 0.1) is 17.8 Å². The van der Waals surface area contributed by atoms with E-state index in [1.807, 2.05) is 0 Å². The van der Waals surface area contributed by atoms with Crippen molar-refractivity contribution < 1.29 is 9.18 Å². The Balaban J connectivity index is 1.70. The first kappa shape index (κ1) is 13.6. The molecule has 114 valence electrons. The zero-order valence-corrected chi connectivity index (χ0v) is 12.0. The minimum Gasteiger partial charge on any atom is -0.294 e. The fourth-order valence-electron chi connectivity index (χ4n) is 2.61. The molecule has 3 heterocycles. The van der Waals surface area contributed by atoms with Crippen molar-refractivity contribution >= 4 is 23.4 Å². The number of fused-ring (bicyclic) bond motifs is 3. The van der Waals surface area contributed by atoms with E-state index in [4.69, 9.17) is 0 Å². The molecule has 2 aliphatic rings. The summed E-state index contributed by atoms with van der Waals surface area (Å²) in [6, 6.07) is 7.70. The SMILES string of the molecule is O=C(NC1=Nc2ccc(F)cc2C2=NCCN12)c1cccnc1. The summed E-state index contributed by atoms with van der Waals surface area (Å²) in [7, 11) is 0. The number of nitrogens with one attached hydrogen (secondary N) is 1. The van der Waals surface area contributed by atoms with Gasteiger partial charge in [-0.25, -0.2) is 9.38 Å². The molecule has 0 radical (unpaired) electrons. The van der Waals surface area contributed by atoms with Crippen LogP contribution >= 0.6 is 0 Å². The van der Waals surface area contributed by atoms with Crippen LogP contribution in [-0.2, 0) is 0 Å². The highest BCUT2D eigenvalue weighted by molar-refractivity contribution is 6.19. The average molecular weight is 309 g/mol. The molecule has 2 aromatic rings. The summed E-state index contributed by atoms with van der Waals surface area (Å²) in [6.45, 7) is 1.17. The maximum absolute atomic E-state index is 13.5. The van der Waals surface area contributed by atoms with Gasteiger partial charge in [0, 0.05) is 24.5 Å². The summed E-state index contributed by atoms with van der Waals surface area (Å²) < 4.78 is 13.5. The van der Waals surface area contributed by atoms with Crippen molar-refractivity contribution in [1.82, 2.24) is 15.2 Å². The van der Waals surface area contributed by atoms with E-state index < -0.39 is 0 Å². The number of amides is 1. The Hall–Kier alpha value is -3.09. The molecule has 1 aromatic heterocycles. The van der Waals surface area contributed by atoms with Crippen molar-refractivity contribution in [3.8, 4) is 0 Å². The third kappa shape index (κ3) is 2.36. The lowest BCUT2D eigenvalue weighted by molar-refractivity contribution is 0.0973. The van der Waals surface area contributed by atoms with Gasteiger partial charge in [-0.05, 0) is 30.3 Å². The number of benzene rings is 1. The van der Waals surface area contributed by atoms with Gasteiger partial charge >= 0.3 is 0 Å². The quantitative estimate of drug-likeness (QED) is 0.872. The van der Waals surface area contributed by atoms with E-state index >= 15 is 0 Å². The topological polar surface area (TPSA) is 70.0 Å². The standard InChI is InChI=1S/C16H12FN5O/c17-11-3-4-13-12(8-11)14-19-6-7-22(14)16(20-13)21-15(23)10-2-1-5-18-9-10/h1-5,8-9H,6-7H2,(H,20,21,23). The van der Waals surface area contributed by atoms with Gasteiger partial charge in [-0.2, -0.15) is 0 Å². The van der Waals surface area contributed by atoms with Gasteiger partial charge in [-0.3, -0.25) is 25.0 Å². The van der Waals surface area contributed by atoms with E-state index in [-0.39, 0.29) is 11.7 Å². The zero-order valence-electron chi connectivity index (χ0n) is 12.0. The summed E-state index contributed by atoms with van der Waals surface area (Å²) in [4.78, 5) is 26.9. The van der Waals surface area contributed by atoms with Crippen LogP contribution < -0.4 is 5.32 Å². The van der Waals surface area contributed by atoms with Gasteiger partial charge in [0.25, 0.3) is 5.91 Å². The van der Waals surface area contributed by atoms with Crippen molar-refractivity contribution in [2.75, 3.05) is 13.1 Å². The van der Waals surface area contributed by atoms with E-state index in [0.717, 1.165) is 0 Å². The molecular formula is C16H12FN5O. The maximum atomic E-state index is 13.5. The number of guanidine groups is 1. The fourth-order valence-corrected chi connectivity index (χ4v) is 2.61. The summed E-state index contributed by atoms with van der Waals surface area (Å²) in [5.74, 6) is 0.398. The molecule has 0 unspecified atom stereocenters. The van der Waals surface area contributed by atoms with Crippen LogP contribution in [0, 0.1) is 5.82 Å². The van der Waals surface area contributed by atoms with Crippen molar-refractivity contribution in [1.29, 1.82) is 0 Å². The largest absolute Gasteiger partial charge is 0.294 e. The molecule has 1 aromatic carbocycles. The highest BCUT2D eigenvalue weighted by Crippen LogP contribution is 2.28. The van der Waals surface area contributed by atoms with Gasteiger partial charge in [0.2, 0.25) is 5.96 Å². The Morgan fingerprint density at radius 2 is 2.22 bits per heavy atom. The van der Waals surface area contributed by atoms with Crippen LogP contribution in [0.15, 0.2) is 52.7 Å². The summed E-state index contributed by atoms with van der Waals surface area (Å²) >= 11 is 0. The Morgan fingerprint density at radius 1 is 1.30 bits per heavy atom. The van der Waals surface area contributed by atoms with Gasteiger partial charge in [-0.15, -0.1) is 0 Å². The van der Waals surface area contributed by atoms with E-state index in [9.17, 15) is 9.18 Å². The molecule has 6 nitrogen and oxygen atoms in total. The third-order valence-corrected chi connectivity index (χ3v) is 3.67. The molecule has 0 spiro atoms. The number of rotatable bonds is 1. The van der Waals surface area contributed by atoms with Crippen LogP contribution in [0.4, 0.5) is 10.1 Å². The number of aromatic nitrogens is 1. The first-order valence-corrected chi connectivity index (χ1v) is 7.14. The Kier molecular flexibility index (Phi) is 3.11. The normalized spacial score (nSPS) is 15.4. The van der Waals surface area contributed by atoms with Crippen LogP contribution in [0.5, 0.6) is 0 Å². The summed E-state index contributed by atoms with van der Waals surface area (Å²) in [5.41, 5.74) is 1.67. The lowest BCUT2D eigenvalue weighted by Crippen LogP contribution is -2.47. The Labute approximate surface area is 131 Å². The summed E-state index contributed by atoms with van der Waals surface area (Å²) in [6.07, 6.45) is 3.09. The van der Waals surface area contributed by atoms with Crippen LogP contribution in [0.25, 0.3) is 0 Å². The highest BCUT2D eigenvalue weighted by Gasteiger charge is 2.30. The first-order valence-electron chi connectivity index (χ1n) is 7.14. The number of carbonyl (C=O) groups excluding carboxylic acids is 1. The Bertz CT molecular complexity index is 847. The molecule has 0 aliphatic carbocycles. The molecular weight excluding hydrogens is 297 g/mol. The number of nitrogens with zero attached hydrogens (tertiary/aromatic N) is 4. The van der Waals surface area contributed by atoms with Crippen LogP contribution in [0.3, 0.4) is 0 Å². The molecule has 0 atom stereocenters. The number of aliphatic imine (C=N–C) groups is 2. The van der Waals surface area contributed by atoms with Gasteiger partial charge in [0.1, 0.15) is 11.7 Å². The monoisotopic (exact) mass is 309 g/mol. The number of halogens is 1. The molecule has 0 saturated carbocycles. The predicted octanol–water partition coefficient (Wildman–Crippen LogP) is 1.71. The second-order valence-corrected chi connectivity index (χ2v) is 5.15. The average Bonchev–Trinajstić information content (AvgIpc) is 3.06. The second-order valence-electron chi connectivity index (χ2n) is 5.15. The lowest BCUT2D eigenvalue weighted by atomic mass is 10.1. The first-order chi connectivity index (χ1) is 11.2. The van der Waals surface area contributed by atoms with Gasteiger partial charge in [-0.1, -0.05) is 0 Å². The minimum absolute atomic E-state index is 0.298. The molecule has 4 rings (SSSR count). The van der Waals surface area contributed by atoms with Crippen LogP contribution in [0.2, 0.25) is 0 Å². The van der Waals surface area contributed by atoms with Crippen molar-refractivity contribution in [2.45, 2.75) is 0 Å². The van der Waals surface area contributed by atoms with E-state index in [0.29, 0.717) is 41.7 Å². The number of hydrogen-bond donors (Lipinski definition) is 1. The predicted molar refractivity (Wildman–Crippen MR) is 83.3 cm³/mol. The number of hydrogen-bond acceptors (Lipinski definition) is 5. The number of carbonyl (C=O) groups is 1. The van der Waals surface area contributed by atoms with Crippen molar-refractivity contribution in [2.24, 2.45) is 9.98 Å². The Morgan fingerprint density at radius 3 is 3.04 bits per heavy atom. The van der Waals surface area contributed by atoms with E-state index in [1.165, 1.54) is 18.3 Å². The molecule has 7 heteroatoms. The molecule has 2 aliphatic heterocycles. The third-order valence-electron chi connectivity index (χ3n) is 3.67. The smallest absolute Gasteiger partial charge is 0.259 e. The number of amidine groups is 1. The van der Waals surface area contributed by atoms with E-state index in [2.05, 4.69) is 20.3 Å². The maximum Gasteiger partial charge on any atom is 0.259 e. The second kappa shape index (κ2) is 5.28. The molecule has 0 bridgehead atoms. The highest BCUT2D eigenvalue weighted by atomic mass is 19.1. The van der Waals surface area contributed by atoms with E-state index in [1.54, 1.807) is 29.3 Å². The zero-order chi connectivity index (χ0) is 15.8.